The molecule has 116 valence electrons. The molecule has 0 radical (unpaired) electrons. The van der Waals surface area contributed by atoms with Crippen molar-refractivity contribution < 1.29 is 14.0 Å². The van der Waals surface area contributed by atoms with E-state index in [1.165, 1.54) is 0 Å². The number of nitriles is 1. The first-order chi connectivity index (χ1) is 8.78. The molecule has 4 nitrogen and oxygen atoms in total. The van der Waals surface area contributed by atoms with Crippen LogP contribution in [0.5, 0.6) is 0 Å². The van der Waals surface area contributed by atoms with Crippen LogP contribution in [0, 0.1) is 11.3 Å². The lowest BCUT2D eigenvalue weighted by molar-refractivity contribution is -0.156. The van der Waals surface area contributed by atoms with Gasteiger partial charge in [-0.1, -0.05) is 20.8 Å². The van der Waals surface area contributed by atoms with Gasteiger partial charge in [0.2, 0.25) is 0 Å². The van der Waals surface area contributed by atoms with Gasteiger partial charge in [-0.2, -0.15) is 5.26 Å². The van der Waals surface area contributed by atoms with Crippen molar-refractivity contribution in [3.8, 4) is 6.07 Å². The maximum atomic E-state index is 11.9. The van der Waals surface area contributed by atoms with Crippen LogP contribution in [-0.2, 0) is 14.0 Å². The van der Waals surface area contributed by atoms with Crippen molar-refractivity contribution >= 4 is 14.3 Å². The summed E-state index contributed by atoms with van der Waals surface area (Å²) in [4.78, 5) is 11.9. The van der Waals surface area contributed by atoms with E-state index >= 15 is 0 Å². The standard InChI is InChI=1S/C15H29NO3Si/c1-14(2,3)18-13(17)11-12(9-10-16)19-20(7,8)15(4,5)6/h12H,9,11H2,1-8H3/t12-/m1/s1. The molecule has 0 bridgehead atoms. The van der Waals surface area contributed by atoms with Crippen molar-refractivity contribution in [1.29, 1.82) is 5.26 Å². The monoisotopic (exact) mass is 299 g/mol. The SMILES string of the molecule is CC(C)(C)OC(=O)C[C@@H](CC#N)O[Si](C)(C)C(C)(C)C. The van der Waals surface area contributed by atoms with E-state index in [4.69, 9.17) is 14.4 Å². The van der Waals surface area contributed by atoms with Gasteiger partial charge in [-0.25, -0.2) is 0 Å². The van der Waals surface area contributed by atoms with E-state index in [1.807, 2.05) is 20.8 Å². The highest BCUT2D eigenvalue weighted by Gasteiger charge is 2.39. The van der Waals surface area contributed by atoms with Crippen LogP contribution < -0.4 is 0 Å². The Bertz CT molecular complexity index is 372. The van der Waals surface area contributed by atoms with Crippen LogP contribution >= 0.6 is 0 Å². The van der Waals surface area contributed by atoms with Crippen molar-refractivity contribution in [2.45, 2.75) is 84.2 Å². The number of rotatable bonds is 5. The number of hydrogen-bond donors (Lipinski definition) is 0. The number of carbonyl (C=O) groups excluding carboxylic acids is 1. The summed E-state index contributed by atoms with van der Waals surface area (Å²) in [6.45, 7) is 16.1. The lowest BCUT2D eigenvalue weighted by Crippen LogP contribution is -2.44. The number of nitrogens with zero attached hydrogens (tertiary/aromatic N) is 1. The first-order valence-electron chi connectivity index (χ1n) is 7.05. The fourth-order valence-corrected chi connectivity index (χ4v) is 2.77. The molecule has 0 saturated heterocycles. The van der Waals surface area contributed by atoms with Gasteiger partial charge in [0.15, 0.2) is 8.32 Å². The van der Waals surface area contributed by atoms with E-state index in [1.54, 1.807) is 0 Å². The summed E-state index contributed by atoms with van der Waals surface area (Å²) in [5.41, 5.74) is -0.509. The van der Waals surface area contributed by atoms with E-state index in [2.05, 4.69) is 39.9 Å². The largest absolute Gasteiger partial charge is 0.460 e. The van der Waals surface area contributed by atoms with Crippen molar-refractivity contribution in [2.75, 3.05) is 0 Å². The van der Waals surface area contributed by atoms with Crippen LogP contribution in [0.3, 0.4) is 0 Å². The molecule has 20 heavy (non-hydrogen) atoms. The maximum absolute atomic E-state index is 11.9. The molecule has 0 aromatic rings. The number of carbonyl (C=O) groups is 1. The summed E-state index contributed by atoms with van der Waals surface area (Å²) in [5.74, 6) is -0.309. The van der Waals surface area contributed by atoms with E-state index < -0.39 is 13.9 Å². The highest BCUT2D eigenvalue weighted by Crippen LogP contribution is 2.38. The average Bonchev–Trinajstić information content (AvgIpc) is 2.11. The van der Waals surface area contributed by atoms with Gasteiger partial charge in [-0.15, -0.1) is 0 Å². The van der Waals surface area contributed by atoms with Crippen LogP contribution in [0.2, 0.25) is 18.1 Å². The van der Waals surface area contributed by atoms with Crippen molar-refractivity contribution in [2.24, 2.45) is 0 Å². The summed E-state index contributed by atoms with van der Waals surface area (Å²) in [5, 5.41) is 8.97. The van der Waals surface area contributed by atoms with Crippen LogP contribution in [0.25, 0.3) is 0 Å². The molecule has 0 aromatic heterocycles. The summed E-state index contributed by atoms with van der Waals surface area (Å²) in [6, 6.07) is 2.10. The molecule has 0 fully saturated rings. The molecule has 1 atom stereocenters. The Morgan fingerprint density at radius 3 is 2.05 bits per heavy atom. The maximum Gasteiger partial charge on any atom is 0.308 e. The fourth-order valence-electron chi connectivity index (χ4n) is 1.42. The molecule has 0 N–H and O–H groups in total. The second-order valence-corrected chi connectivity index (χ2v) is 12.4. The molecule has 0 aliphatic heterocycles. The third-order valence-corrected chi connectivity index (χ3v) is 7.94. The minimum absolute atomic E-state index is 0.0502. The molecular weight excluding hydrogens is 270 g/mol. The highest BCUT2D eigenvalue weighted by molar-refractivity contribution is 6.74. The van der Waals surface area contributed by atoms with E-state index in [0.717, 1.165) is 0 Å². The molecular formula is C15H29NO3Si. The second-order valence-electron chi connectivity index (χ2n) is 7.65. The zero-order valence-electron chi connectivity index (χ0n) is 14.2. The summed E-state index contributed by atoms with van der Waals surface area (Å²) >= 11 is 0. The minimum atomic E-state index is -1.99. The first kappa shape index (κ1) is 19.1. The van der Waals surface area contributed by atoms with E-state index in [-0.39, 0.29) is 30.0 Å². The summed E-state index contributed by atoms with van der Waals surface area (Å²) in [7, 11) is -1.99. The lowest BCUT2D eigenvalue weighted by atomic mass is 10.1. The number of esters is 1. The predicted molar refractivity (Wildman–Crippen MR) is 82.8 cm³/mol. The van der Waals surface area contributed by atoms with Crippen LogP contribution in [0.15, 0.2) is 0 Å². The molecule has 0 heterocycles. The minimum Gasteiger partial charge on any atom is -0.460 e. The van der Waals surface area contributed by atoms with E-state index in [0.29, 0.717) is 0 Å². The topological polar surface area (TPSA) is 59.3 Å². The van der Waals surface area contributed by atoms with Crippen LogP contribution in [0.1, 0.15) is 54.4 Å². The molecule has 0 saturated carbocycles. The van der Waals surface area contributed by atoms with Crippen LogP contribution in [-0.4, -0.2) is 26.0 Å². The normalized spacial score (nSPS) is 14.6. The Hall–Kier alpha value is -0.863. The molecule has 0 unspecified atom stereocenters. The summed E-state index contributed by atoms with van der Waals surface area (Å²) in [6.07, 6.45) is -0.0287. The zero-order valence-corrected chi connectivity index (χ0v) is 15.2. The van der Waals surface area contributed by atoms with Gasteiger partial charge in [0.1, 0.15) is 5.60 Å². The van der Waals surface area contributed by atoms with E-state index in [9.17, 15) is 4.79 Å². The third kappa shape index (κ3) is 7.06. The lowest BCUT2D eigenvalue weighted by Gasteiger charge is -2.38. The first-order valence-corrected chi connectivity index (χ1v) is 9.96. The van der Waals surface area contributed by atoms with Crippen LogP contribution in [0.4, 0.5) is 0 Å². The molecule has 0 aromatic carbocycles. The average molecular weight is 299 g/mol. The Kier molecular flexibility index (Phi) is 6.44. The van der Waals surface area contributed by atoms with Crippen molar-refractivity contribution in [3.63, 3.8) is 0 Å². The van der Waals surface area contributed by atoms with Gasteiger partial charge in [0.25, 0.3) is 0 Å². The Labute approximate surface area is 124 Å². The Morgan fingerprint density at radius 1 is 1.20 bits per heavy atom. The zero-order chi connectivity index (χ0) is 16.2. The van der Waals surface area contributed by atoms with Gasteiger partial charge in [-0.05, 0) is 38.9 Å². The molecule has 5 heteroatoms. The summed E-state index contributed by atoms with van der Waals surface area (Å²) < 4.78 is 11.4. The molecule has 0 amide bonds. The molecule has 0 rings (SSSR count). The number of hydrogen-bond acceptors (Lipinski definition) is 4. The van der Waals surface area contributed by atoms with Crippen molar-refractivity contribution in [1.82, 2.24) is 0 Å². The van der Waals surface area contributed by atoms with Gasteiger partial charge in [-0.3, -0.25) is 4.79 Å². The second kappa shape index (κ2) is 6.73. The highest BCUT2D eigenvalue weighted by atomic mass is 28.4. The smallest absolute Gasteiger partial charge is 0.308 e. The predicted octanol–water partition coefficient (Wildman–Crippen LogP) is 4.02. The van der Waals surface area contributed by atoms with Gasteiger partial charge in [0.05, 0.1) is 25.0 Å². The van der Waals surface area contributed by atoms with Crippen molar-refractivity contribution in [3.05, 3.63) is 0 Å². The fraction of sp³-hybridized carbons (Fsp3) is 0.867. The molecule has 0 spiro atoms. The Balaban J connectivity index is 4.76. The van der Waals surface area contributed by atoms with Gasteiger partial charge < -0.3 is 9.16 Å². The molecule has 0 aliphatic rings. The number of ether oxygens (including phenoxy) is 1. The van der Waals surface area contributed by atoms with Gasteiger partial charge in [0, 0.05) is 0 Å². The quantitative estimate of drug-likeness (QED) is 0.568. The molecule has 0 aliphatic carbocycles. The third-order valence-electron chi connectivity index (χ3n) is 3.40. The van der Waals surface area contributed by atoms with Gasteiger partial charge >= 0.3 is 5.97 Å². The Morgan fingerprint density at radius 2 is 1.70 bits per heavy atom.